The van der Waals surface area contributed by atoms with Crippen LogP contribution in [0.4, 0.5) is 8.78 Å². The Balaban J connectivity index is 2.25. The maximum atomic E-state index is 13.5. The second-order valence-electron chi connectivity index (χ2n) is 4.00. The first kappa shape index (κ1) is 12.7. The maximum Gasteiger partial charge on any atom is 0.132 e. The minimum atomic E-state index is -1.23. The Morgan fingerprint density at radius 2 is 2.00 bits per heavy atom. The molecule has 0 saturated heterocycles. The molecule has 18 heavy (non-hydrogen) atoms. The molecule has 0 aliphatic carbocycles. The monoisotopic (exact) mass is 252 g/mol. The van der Waals surface area contributed by atoms with Crippen molar-refractivity contribution in [1.82, 2.24) is 9.55 Å². The molecule has 1 unspecified atom stereocenters. The lowest BCUT2D eigenvalue weighted by Gasteiger charge is -2.15. The van der Waals surface area contributed by atoms with Gasteiger partial charge < -0.3 is 9.67 Å². The van der Waals surface area contributed by atoms with E-state index in [0.717, 1.165) is 18.0 Å². The highest BCUT2D eigenvalue weighted by molar-refractivity contribution is 5.22. The van der Waals surface area contributed by atoms with E-state index in [4.69, 9.17) is 0 Å². The largest absolute Gasteiger partial charge is 0.386 e. The lowest BCUT2D eigenvalue weighted by Crippen LogP contribution is -2.13. The predicted molar refractivity (Wildman–Crippen MR) is 62.9 cm³/mol. The zero-order chi connectivity index (χ0) is 13.1. The summed E-state index contributed by atoms with van der Waals surface area (Å²) >= 11 is 0. The van der Waals surface area contributed by atoms with E-state index < -0.39 is 17.7 Å². The lowest BCUT2D eigenvalue weighted by molar-refractivity contribution is 0.146. The van der Waals surface area contributed by atoms with Gasteiger partial charge >= 0.3 is 0 Å². The fraction of sp³-hybridized carbons (Fsp3) is 0.308. The molecule has 1 N–H and O–H groups in total. The lowest BCUT2D eigenvalue weighted by atomic mass is 10.1. The highest BCUT2D eigenvalue weighted by atomic mass is 19.1. The van der Waals surface area contributed by atoms with E-state index in [-0.39, 0.29) is 12.1 Å². The molecule has 5 heteroatoms. The molecule has 0 aliphatic heterocycles. The second kappa shape index (κ2) is 5.27. The van der Waals surface area contributed by atoms with Gasteiger partial charge in [0.05, 0.1) is 12.1 Å². The minimum absolute atomic E-state index is 0.0844. The third-order valence-corrected chi connectivity index (χ3v) is 2.82. The Morgan fingerprint density at radius 3 is 2.61 bits per heavy atom. The summed E-state index contributed by atoms with van der Waals surface area (Å²) in [6.07, 6.45) is 2.74. The van der Waals surface area contributed by atoms with E-state index in [2.05, 4.69) is 4.98 Å². The van der Waals surface area contributed by atoms with Crippen molar-refractivity contribution in [2.45, 2.75) is 26.0 Å². The third-order valence-electron chi connectivity index (χ3n) is 2.82. The summed E-state index contributed by atoms with van der Waals surface area (Å²) in [6, 6.07) is 3.54. The fourth-order valence-electron chi connectivity index (χ4n) is 1.93. The number of hydrogen-bond donors (Lipinski definition) is 1. The van der Waals surface area contributed by atoms with E-state index in [0.29, 0.717) is 6.42 Å². The number of aliphatic hydroxyl groups is 1. The number of nitrogens with zero attached hydrogens (tertiary/aromatic N) is 2. The number of rotatable bonds is 4. The number of imidazole rings is 1. The molecule has 0 fully saturated rings. The van der Waals surface area contributed by atoms with Crippen molar-refractivity contribution >= 4 is 0 Å². The van der Waals surface area contributed by atoms with Crippen molar-refractivity contribution in [3.05, 3.63) is 53.6 Å². The average Bonchev–Trinajstić information content (AvgIpc) is 2.76. The van der Waals surface area contributed by atoms with Crippen molar-refractivity contribution in [3.8, 4) is 0 Å². The van der Waals surface area contributed by atoms with E-state index in [1.165, 1.54) is 6.07 Å². The molecule has 96 valence electrons. The van der Waals surface area contributed by atoms with Gasteiger partial charge in [-0.3, -0.25) is 0 Å². The summed E-state index contributed by atoms with van der Waals surface area (Å²) in [5.74, 6) is -0.702. The van der Waals surface area contributed by atoms with Crippen molar-refractivity contribution in [3.63, 3.8) is 0 Å². The van der Waals surface area contributed by atoms with E-state index in [1.54, 1.807) is 17.0 Å². The molecule has 0 bridgehead atoms. The molecule has 0 amide bonds. The standard InChI is InChI=1S/C13H14F2N2O/c1-2-12-16-6-7-17(12)8-11(18)13-9(14)4-3-5-10(13)15/h3-7,11,18H,2,8H2,1H3. The molecular weight excluding hydrogens is 238 g/mol. The number of aliphatic hydroxyl groups excluding tert-OH is 1. The molecule has 1 atom stereocenters. The van der Waals surface area contributed by atoms with Gasteiger partial charge in [-0.2, -0.15) is 0 Å². The Bertz CT molecular complexity index is 519. The quantitative estimate of drug-likeness (QED) is 0.907. The summed E-state index contributed by atoms with van der Waals surface area (Å²) in [6.45, 7) is 2.01. The molecule has 1 heterocycles. The molecule has 1 aromatic carbocycles. The predicted octanol–water partition coefficient (Wildman–Crippen LogP) is 2.46. The van der Waals surface area contributed by atoms with Crippen LogP contribution in [0.2, 0.25) is 0 Å². The minimum Gasteiger partial charge on any atom is -0.386 e. The molecule has 0 saturated carbocycles. The first-order chi connectivity index (χ1) is 8.63. The number of aromatic nitrogens is 2. The average molecular weight is 252 g/mol. The molecule has 0 spiro atoms. The topological polar surface area (TPSA) is 38.0 Å². The van der Waals surface area contributed by atoms with E-state index in [1.807, 2.05) is 6.92 Å². The summed E-state index contributed by atoms with van der Waals surface area (Å²) in [5, 5.41) is 9.95. The van der Waals surface area contributed by atoms with Gasteiger partial charge in [-0.15, -0.1) is 0 Å². The number of benzene rings is 1. The number of hydrogen-bond acceptors (Lipinski definition) is 2. The van der Waals surface area contributed by atoms with Crippen LogP contribution in [0.25, 0.3) is 0 Å². The van der Waals surface area contributed by atoms with Gasteiger partial charge in [-0.1, -0.05) is 13.0 Å². The Morgan fingerprint density at radius 1 is 1.33 bits per heavy atom. The zero-order valence-electron chi connectivity index (χ0n) is 9.98. The van der Waals surface area contributed by atoms with E-state index in [9.17, 15) is 13.9 Å². The van der Waals surface area contributed by atoms with Crippen LogP contribution in [0.15, 0.2) is 30.6 Å². The normalized spacial score (nSPS) is 12.7. The zero-order valence-corrected chi connectivity index (χ0v) is 9.98. The highest BCUT2D eigenvalue weighted by Crippen LogP contribution is 2.22. The van der Waals surface area contributed by atoms with Crippen LogP contribution in [0.5, 0.6) is 0 Å². The molecule has 2 rings (SSSR count). The van der Waals surface area contributed by atoms with Crippen LogP contribution < -0.4 is 0 Å². The second-order valence-corrected chi connectivity index (χ2v) is 4.00. The van der Waals surface area contributed by atoms with Crippen LogP contribution in [0.1, 0.15) is 24.4 Å². The van der Waals surface area contributed by atoms with Gasteiger partial charge in [-0.25, -0.2) is 13.8 Å². The smallest absolute Gasteiger partial charge is 0.132 e. The van der Waals surface area contributed by atoms with Crippen LogP contribution in [-0.4, -0.2) is 14.7 Å². The summed E-state index contributed by atoms with van der Waals surface area (Å²) < 4.78 is 28.7. The van der Waals surface area contributed by atoms with Gasteiger partial charge in [0.25, 0.3) is 0 Å². The summed E-state index contributed by atoms with van der Waals surface area (Å²) in [7, 11) is 0. The first-order valence-corrected chi connectivity index (χ1v) is 5.75. The van der Waals surface area contributed by atoms with E-state index >= 15 is 0 Å². The number of aryl methyl sites for hydroxylation is 1. The third kappa shape index (κ3) is 2.41. The summed E-state index contributed by atoms with van der Waals surface area (Å²) in [4.78, 5) is 4.09. The molecule has 0 aliphatic rings. The van der Waals surface area contributed by atoms with Crippen LogP contribution in [-0.2, 0) is 13.0 Å². The highest BCUT2D eigenvalue weighted by Gasteiger charge is 2.18. The molecule has 3 nitrogen and oxygen atoms in total. The van der Waals surface area contributed by atoms with Crippen molar-refractivity contribution < 1.29 is 13.9 Å². The van der Waals surface area contributed by atoms with Gasteiger partial charge in [0, 0.05) is 18.8 Å². The summed E-state index contributed by atoms with van der Waals surface area (Å²) in [5.41, 5.74) is -0.298. The fourth-order valence-corrected chi connectivity index (χ4v) is 1.93. The SMILES string of the molecule is CCc1nccn1CC(O)c1c(F)cccc1F. The van der Waals surface area contributed by atoms with Gasteiger partial charge in [0.15, 0.2) is 0 Å². The number of halogens is 2. The van der Waals surface area contributed by atoms with Crippen LogP contribution >= 0.6 is 0 Å². The Labute approximate surface area is 104 Å². The van der Waals surface area contributed by atoms with Gasteiger partial charge in [0.2, 0.25) is 0 Å². The Kier molecular flexibility index (Phi) is 3.72. The molecular formula is C13H14F2N2O. The molecule has 0 radical (unpaired) electrons. The van der Waals surface area contributed by atoms with Crippen LogP contribution in [0.3, 0.4) is 0 Å². The Hall–Kier alpha value is -1.75. The van der Waals surface area contributed by atoms with Crippen molar-refractivity contribution in [1.29, 1.82) is 0 Å². The maximum absolute atomic E-state index is 13.5. The van der Waals surface area contributed by atoms with Crippen molar-refractivity contribution in [2.24, 2.45) is 0 Å². The van der Waals surface area contributed by atoms with Crippen molar-refractivity contribution in [2.75, 3.05) is 0 Å². The van der Waals surface area contributed by atoms with Gasteiger partial charge in [0.1, 0.15) is 23.6 Å². The molecule has 2 aromatic rings. The van der Waals surface area contributed by atoms with Gasteiger partial charge in [-0.05, 0) is 12.1 Å². The molecule has 1 aromatic heterocycles. The van der Waals surface area contributed by atoms with Crippen LogP contribution in [0, 0.1) is 11.6 Å². The first-order valence-electron chi connectivity index (χ1n) is 5.75.